The van der Waals surface area contributed by atoms with Gasteiger partial charge in [0.25, 0.3) is 0 Å². The van der Waals surface area contributed by atoms with Crippen LogP contribution in [0, 0.1) is 0 Å². The van der Waals surface area contributed by atoms with Gasteiger partial charge < -0.3 is 14.9 Å². The molecule has 8 nitrogen and oxygen atoms in total. The van der Waals surface area contributed by atoms with Crippen molar-refractivity contribution in [3.05, 3.63) is 18.7 Å². The molecule has 1 saturated heterocycles. The number of carbonyl (C=O) groups excluding carboxylic acids is 1. The molecule has 0 aromatic carbocycles. The molecule has 0 radical (unpaired) electrons. The summed E-state index contributed by atoms with van der Waals surface area (Å²) in [6.07, 6.45) is 8.77. The number of hydrogen-bond acceptors (Lipinski definition) is 6. The number of fused-ring (bicyclic) bond motifs is 1. The number of amides is 1. The number of carbonyl (C=O) groups is 1. The Kier molecular flexibility index (Phi) is 3.84. The number of aromatic nitrogens is 4. The number of anilines is 1. The lowest BCUT2D eigenvalue weighted by atomic mass is 9.97. The molecule has 2 aromatic heterocycles. The van der Waals surface area contributed by atoms with Crippen LogP contribution in [0.2, 0.25) is 0 Å². The van der Waals surface area contributed by atoms with E-state index in [9.17, 15) is 9.90 Å². The molecule has 8 heteroatoms. The highest BCUT2D eigenvalue weighted by molar-refractivity contribution is 5.77. The second kappa shape index (κ2) is 6.01. The van der Waals surface area contributed by atoms with Crippen LogP contribution in [0.4, 0.5) is 5.82 Å². The smallest absolute Gasteiger partial charge is 0.225 e. The highest BCUT2D eigenvalue weighted by atomic mass is 16.3. The lowest BCUT2D eigenvalue weighted by molar-refractivity contribution is -0.136. The Balaban J connectivity index is 1.40. The van der Waals surface area contributed by atoms with Crippen LogP contribution in [0.15, 0.2) is 18.7 Å². The Labute approximate surface area is 140 Å². The van der Waals surface area contributed by atoms with Crippen LogP contribution in [0.5, 0.6) is 0 Å². The van der Waals surface area contributed by atoms with E-state index in [1.807, 2.05) is 4.90 Å². The number of piperazine rings is 1. The van der Waals surface area contributed by atoms with Crippen molar-refractivity contribution in [3.8, 4) is 0 Å². The van der Waals surface area contributed by atoms with Crippen molar-refractivity contribution in [1.29, 1.82) is 0 Å². The molecule has 24 heavy (non-hydrogen) atoms. The van der Waals surface area contributed by atoms with Crippen LogP contribution in [0.1, 0.15) is 32.1 Å². The summed E-state index contributed by atoms with van der Waals surface area (Å²) in [4.78, 5) is 24.9. The summed E-state index contributed by atoms with van der Waals surface area (Å²) in [5.74, 6) is 0.961. The lowest BCUT2D eigenvalue weighted by Gasteiger charge is -2.37. The average molecular weight is 330 g/mol. The molecular formula is C16H22N6O2. The molecule has 3 heterocycles. The van der Waals surface area contributed by atoms with Gasteiger partial charge in [-0.15, -0.1) is 0 Å². The summed E-state index contributed by atoms with van der Waals surface area (Å²) >= 11 is 0. The molecule has 4 rings (SSSR count). The zero-order valence-corrected chi connectivity index (χ0v) is 13.6. The molecule has 2 aliphatic rings. The monoisotopic (exact) mass is 330 g/mol. The van der Waals surface area contributed by atoms with Gasteiger partial charge >= 0.3 is 0 Å². The molecule has 2 aromatic rings. The first-order valence-electron chi connectivity index (χ1n) is 8.54. The van der Waals surface area contributed by atoms with Gasteiger partial charge in [0, 0.05) is 26.2 Å². The number of nitrogens with zero attached hydrogens (tertiary/aromatic N) is 6. The molecule has 1 saturated carbocycles. The van der Waals surface area contributed by atoms with Crippen LogP contribution in [-0.4, -0.2) is 67.3 Å². The van der Waals surface area contributed by atoms with E-state index in [1.54, 1.807) is 16.9 Å². The molecule has 1 amide bonds. The fourth-order valence-corrected chi connectivity index (χ4v) is 3.74. The van der Waals surface area contributed by atoms with E-state index in [-0.39, 0.29) is 12.3 Å². The second-order valence-electron chi connectivity index (χ2n) is 6.77. The summed E-state index contributed by atoms with van der Waals surface area (Å²) in [5.41, 5.74) is -0.0563. The largest absolute Gasteiger partial charge is 0.389 e. The van der Waals surface area contributed by atoms with E-state index in [0.717, 1.165) is 50.2 Å². The van der Waals surface area contributed by atoms with Gasteiger partial charge in [0.1, 0.15) is 6.33 Å². The maximum atomic E-state index is 12.5. The van der Waals surface area contributed by atoms with E-state index in [2.05, 4.69) is 20.0 Å². The molecule has 0 spiro atoms. The van der Waals surface area contributed by atoms with Crippen LogP contribution in [0.25, 0.3) is 5.65 Å². The predicted octanol–water partition coefficient (Wildman–Crippen LogP) is 0.468. The summed E-state index contributed by atoms with van der Waals surface area (Å²) in [6, 6.07) is 0. The Morgan fingerprint density at radius 3 is 2.67 bits per heavy atom. The molecule has 128 valence electrons. The SMILES string of the molecule is O=C(CC1(O)CCCC1)N1CCN(c2cncc3ncnn23)CC1. The Hall–Kier alpha value is -2.22. The molecule has 1 N–H and O–H groups in total. The third-order valence-corrected chi connectivity index (χ3v) is 5.14. The zero-order valence-electron chi connectivity index (χ0n) is 13.6. The van der Waals surface area contributed by atoms with Crippen molar-refractivity contribution < 1.29 is 9.90 Å². The van der Waals surface area contributed by atoms with Gasteiger partial charge in [-0.05, 0) is 12.8 Å². The maximum Gasteiger partial charge on any atom is 0.225 e. The van der Waals surface area contributed by atoms with Gasteiger partial charge in [-0.1, -0.05) is 12.8 Å². The maximum absolute atomic E-state index is 12.5. The molecule has 1 aliphatic heterocycles. The van der Waals surface area contributed by atoms with Gasteiger partial charge in [-0.2, -0.15) is 9.61 Å². The van der Waals surface area contributed by atoms with Crippen LogP contribution < -0.4 is 4.90 Å². The third kappa shape index (κ3) is 2.82. The van der Waals surface area contributed by atoms with Gasteiger partial charge in [-0.3, -0.25) is 9.78 Å². The Bertz CT molecular complexity index is 731. The molecule has 0 atom stereocenters. The normalized spacial score (nSPS) is 20.7. The summed E-state index contributed by atoms with van der Waals surface area (Å²) in [5, 5.41) is 14.7. The molecule has 2 fully saturated rings. The minimum atomic E-state index is -0.773. The first kappa shape index (κ1) is 15.3. The molecule has 0 bridgehead atoms. The van der Waals surface area contributed by atoms with E-state index in [4.69, 9.17) is 0 Å². The van der Waals surface area contributed by atoms with Crippen LogP contribution in [0.3, 0.4) is 0 Å². The Morgan fingerprint density at radius 1 is 1.17 bits per heavy atom. The fourth-order valence-electron chi connectivity index (χ4n) is 3.74. The van der Waals surface area contributed by atoms with Gasteiger partial charge in [0.2, 0.25) is 5.91 Å². The quantitative estimate of drug-likeness (QED) is 0.880. The minimum Gasteiger partial charge on any atom is -0.389 e. The van der Waals surface area contributed by atoms with E-state index >= 15 is 0 Å². The van der Waals surface area contributed by atoms with Crippen molar-refractivity contribution in [2.45, 2.75) is 37.7 Å². The standard InChI is InChI=1S/C16H22N6O2/c23-15(9-16(24)3-1-2-4-16)21-7-5-20(6-8-21)14-11-17-10-13-18-12-19-22(13)14/h10-12,24H,1-9H2. The van der Waals surface area contributed by atoms with Crippen LogP contribution in [-0.2, 0) is 4.79 Å². The Morgan fingerprint density at radius 2 is 1.92 bits per heavy atom. The number of rotatable bonds is 3. The van der Waals surface area contributed by atoms with Crippen molar-refractivity contribution in [3.63, 3.8) is 0 Å². The zero-order chi connectivity index (χ0) is 16.6. The molecular weight excluding hydrogens is 308 g/mol. The summed E-state index contributed by atoms with van der Waals surface area (Å²) in [6.45, 7) is 2.76. The van der Waals surface area contributed by atoms with E-state index in [1.165, 1.54) is 6.33 Å². The predicted molar refractivity (Wildman–Crippen MR) is 87.6 cm³/mol. The fraction of sp³-hybridized carbons (Fsp3) is 0.625. The topological polar surface area (TPSA) is 86.9 Å². The van der Waals surface area contributed by atoms with E-state index < -0.39 is 5.60 Å². The van der Waals surface area contributed by atoms with Gasteiger partial charge in [0.15, 0.2) is 11.5 Å². The van der Waals surface area contributed by atoms with Crippen LogP contribution >= 0.6 is 0 Å². The molecule has 1 aliphatic carbocycles. The van der Waals surface area contributed by atoms with Gasteiger partial charge in [-0.25, -0.2) is 4.98 Å². The third-order valence-electron chi connectivity index (χ3n) is 5.14. The van der Waals surface area contributed by atoms with E-state index in [0.29, 0.717) is 13.1 Å². The number of aliphatic hydroxyl groups is 1. The van der Waals surface area contributed by atoms with Gasteiger partial charge in [0.05, 0.1) is 24.4 Å². The van der Waals surface area contributed by atoms with Crippen molar-refractivity contribution in [1.82, 2.24) is 24.5 Å². The highest BCUT2D eigenvalue weighted by Crippen LogP contribution is 2.33. The second-order valence-corrected chi connectivity index (χ2v) is 6.77. The first-order chi connectivity index (χ1) is 11.6. The molecule has 0 unspecified atom stereocenters. The average Bonchev–Trinajstić information content (AvgIpc) is 3.23. The highest BCUT2D eigenvalue weighted by Gasteiger charge is 2.35. The first-order valence-corrected chi connectivity index (χ1v) is 8.54. The number of hydrogen-bond donors (Lipinski definition) is 1. The van der Waals surface area contributed by atoms with Crippen molar-refractivity contribution in [2.24, 2.45) is 0 Å². The van der Waals surface area contributed by atoms with Crippen molar-refractivity contribution >= 4 is 17.4 Å². The summed E-state index contributed by atoms with van der Waals surface area (Å²) in [7, 11) is 0. The lowest BCUT2D eigenvalue weighted by Crippen LogP contribution is -2.50. The summed E-state index contributed by atoms with van der Waals surface area (Å²) < 4.78 is 1.77. The van der Waals surface area contributed by atoms with Crippen molar-refractivity contribution in [2.75, 3.05) is 31.1 Å². The minimum absolute atomic E-state index is 0.0659.